The maximum Gasteiger partial charge on any atom is 0.494 e. The lowest BCUT2D eigenvalue weighted by atomic mass is 9.78. The summed E-state index contributed by atoms with van der Waals surface area (Å²) in [6.45, 7) is 12.0. The zero-order valence-electron chi connectivity index (χ0n) is 14.1. The second-order valence-corrected chi connectivity index (χ2v) is 7.53. The number of benzene rings is 1. The molecular weight excluding hydrogens is 277 g/mol. The Kier molecular flexibility index (Phi) is 3.61. The highest BCUT2D eigenvalue weighted by Crippen LogP contribution is 2.36. The molecule has 22 heavy (non-hydrogen) atoms. The molecule has 1 aromatic rings. The van der Waals surface area contributed by atoms with Crippen molar-refractivity contribution in [1.29, 1.82) is 0 Å². The van der Waals surface area contributed by atoms with E-state index in [-0.39, 0.29) is 17.1 Å². The highest BCUT2D eigenvalue weighted by Gasteiger charge is 2.51. The SMILES string of the molecule is CC1CN(C(=O)c2cccc(B3OC(C)(C)C(C)(C)O3)c2)C1. The first kappa shape index (κ1) is 15.6. The van der Waals surface area contributed by atoms with E-state index in [0.717, 1.165) is 18.6 Å². The lowest BCUT2D eigenvalue weighted by Gasteiger charge is -2.37. The van der Waals surface area contributed by atoms with Gasteiger partial charge in [-0.1, -0.05) is 19.1 Å². The van der Waals surface area contributed by atoms with Gasteiger partial charge in [0.25, 0.3) is 5.91 Å². The van der Waals surface area contributed by atoms with E-state index in [1.807, 2.05) is 56.9 Å². The molecule has 1 aromatic carbocycles. The first-order chi connectivity index (χ1) is 10.2. The molecule has 0 saturated carbocycles. The van der Waals surface area contributed by atoms with Crippen LogP contribution in [0.4, 0.5) is 0 Å². The number of amides is 1. The fourth-order valence-corrected chi connectivity index (χ4v) is 2.84. The second kappa shape index (κ2) is 5.10. The topological polar surface area (TPSA) is 38.8 Å². The zero-order valence-corrected chi connectivity index (χ0v) is 14.1. The number of rotatable bonds is 2. The van der Waals surface area contributed by atoms with Crippen molar-refractivity contribution < 1.29 is 14.1 Å². The van der Waals surface area contributed by atoms with Crippen LogP contribution >= 0.6 is 0 Å². The molecule has 118 valence electrons. The molecule has 2 aliphatic rings. The van der Waals surface area contributed by atoms with Crippen molar-refractivity contribution in [2.75, 3.05) is 13.1 Å². The molecule has 0 unspecified atom stereocenters. The lowest BCUT2D eigenvalue weighted by molar-refractivity contribution is 0.00578. The molecule has 0 atom stereocenters. The van der Waals surface area contributed by atoms with E-state index >= 15 is 0 Å². The summed E-state index contributed by atoms with van der Waals surface area (Å²) in [6.07, 6.45) is 0. The summed E-state index contributed by atoms with van der Waals surface area (Å²) in [4.78, 5) is 14.3. The highest BCUT2D eigenvalue weighted by molar-refractivity contribution is 6.62. The van der Waals surface area contributed by atoms with E-state index in [4.69, 9.17) is 9.31 Å². The molecule has 0 aliphatic carbocycles. The summed E-state index contributed by atoms with van der Waals surface area (Å²) in [5.41, 5.74) is 0.868. The largest absolute Gasteiger partial charge is 0.494 e. The first-order valence-electron chi connectivity index (χ1n) is 7.94. The van der Waals surface area contributed by atoms with Crippen LogP contribution in [0.15, 0.2) is 24.3 Å². The third-order valence-electron chi connectivity index (χ3n) is 5.01. The minimum Gasteiger partial charge on any atom is -0.399 e. The van der Waals surface area contributed by atoms with E-state index in [9.17, 15) is 4.79 Å². The Bertz CT molecular complexity index is 577. The van der Waals surface area contributed by atoms with E-state index in [1.54, 1.807) is 0 Å². The summed E-state index contributed by atoms with van der Waals surface area (Å²) >= 11 is 0. The predicted molar refractivity (Wildman–Crippen MR) is 87.2 cm³/mol. The predicted octanol–water partition coefficient (Wildman–Crippen LogP) is 2.08. The van der Waals surface area contributed by atoms with Crippen LogP contribution in [-0.4, -0.2) is 42.2 Å². The minimum atomic E-state index is -0.423. The van der Waals surface area contributed by atoms with Gasteiger partial charge in [-0.25, -0.2) is 0 Å². The number of carbonyl (C=O) groups is 1. The number of carbonyl (C=O) groups excluding carboxylic acids is 1. The molecule has 0 bridgehead atoms. The van der Waals surface area contributed by atoms with Gasteiger partial charge < -0.3 is 14.2 Å². The van der Waals surface area contributed by atoms with Crippen molar-refractivity contribution in [1.82, 2.24) is 4.90 Å². The van der Waals surface area contributed by atoms with Gasteiger partial charge in [0.2, 0.25) is 0 Å². The summed E-state index contributed by atoms with van der Waals surface area (Å²) < 4.78 is 12.1. The van der Waals surface area contributed by atoms with Crippen molar-refractivity contribution in [3.05, 3.63) is 29.8 Å². The van der Waals surface area contributed by atoms with Gasteiger partial charge in [-0.05, 0) is 51.2 Å². The van der Waals surface area contributed by atoms with E-state index in [1.165, 1.54) is 0 Å². The van der Waals surface area contributed by atoms with E-state index in [2.05, 4.69) is 6.92 Å². The van der Waals surface area contributed by atoms with Gasteiger partial charge in [-0.3, -0.25) is 4.79 Å². The van der Waals surface area contributed by atoms with Crippen LogP contribution in [0.1, 0.15) is 45.0 Å². The molecule has 2 saturated heterocycles. The first-order valence-corrected chi connectivity index (χ1v) is 7.94. The molecule has 0 aromatic heterocycles. The van der Waals surface area contributed by atoms with Gasteiger partial charge in [0.05, 0.1) is 11.2 Å². The fraction of sp³-hybridized carbons (Fsp3) is 0.588. The quantitative estimate of drug-likeness (QED) is 0.785. The van der Waals surface area contributed by atoms with Gasteiger partial charge in [0.15, 0.2) is 0 Å². The third kappa shape index (κ3) is 2.57. The maximum atomic E-state index is 12.4. The van der Waals surface area contributed by atoms with Crippen molar-refractivity contribution in [2.24, 2.45) is 5.92 Å². The monoisotopic (exact) mass is 301 g/mol. The number of hydrogen-bond acceptors (Lipinski definition) is 3. The van der Waals surface area contributed by atoms with Crippen molar-refractivity contribution in [3.63, 3.8) is 0 Å². The molecule has 4 nitrogen and oxygen atoms in total. The molecule has 0 N–H and O–H groups in total. The molecule has 2 heterocycles. The Labute approximate surface area is 132 Å². The van der Waals surface area contributed by atoms with Crippen LogP contribution in [0.5, 0.6) is 0 Å². The Morgan fingerprint density at radius 3 is 2.32 bits per heavy atom. The molecule has 0 spiro atoms. The van der Waals surface area contributed by atoms with Gasteiger partial charge >= 0.3 is 7.12 Å². The van der Waals surface area contributed by atoms with Crippen molar-refractivity contribution in [3.8, 4) is 0 Å². The van der Waals surface area contributed by atoms with Crippen LogP contribution in [0.25, 0.3) is 0 Å². The molecule has 2 fully saturated rings. The minimum absolute atomic E-state index is 0.0940. The molecule has 2 aliphatic heterocycles. The maximum absolute atomic E-state index is 12.4. The third-order valence-corrected chi connectivity index (χ3v) is 5.01. The summed E-state index contributed by atoms with van der Waals surface area (Å²) in [6, 6.07) is 7.61. The van der Waals surface area contributed by atoms with Crippen LogP contribution in [0.2, 0.25) is 0 Å². The molecule has 3 rings (SSSR count). The smallest absolute Gasteiger partial charge is 0.399 e. The Balaban J connectivity index is 1.79. The lowest BCUT2D eigenvalue weighted by Crippen LogP contribution is -2.48. The van der Waals surface area contributed by atoms with Gasteiger partial charge in [-0.15, -0.1) is 0 Å². The second-order valence-electron chi connectivity index (χ2n) is 7.53. The van der Waals surface area contributed by atoms with Crippen LogP contribution in [0.3, 0.4) is 0 Å². The van der Waals surface area contributed by atoms with Crippen LogP contribution < -0.4 is 5.46 Å². The number of nitrogens with zero attached hydrogens (tertiary/aromatic N) is 1. The number of hydrogen-bond donors (Lipinski definition) is 0. The van der Waals surface area contributed by atoms with Gasteiger partial charge in [0, 0.05) is 18.7 Å². The standard InChI is InChI=1S/C17H24BNO3/c1-12-10-19(11-12)15(20)13-7-6-8-14(9-13)18-21-16(2,3)17(4,5)22-18/h6-9,12H,10-11H2,1-5H3. The molecule has 0 radical (unpaired) electrons. The van der Waals surface area contributed by atoms with Crippen molar-refractivity contribution >= 4 is 18.5 Å². The van der Waals surface area contributed by atoms with Crippen LogP contribution in [0, 0.1) is 5.92 Å². The van der Waals surface area contributed by atoms with E-state index < -0.39 is 7.12 Å². The van der Waals surface area contributed by atoms with Gasteiger partial charge in [0.1, 0.15) is 0 Å². The molecule has 5 heteroatoms. The van der Waals surface area contributed by atoms with Crippen molar-refractivity contribution in [2.45, 2.75) is 45.8 Å². The fourth-order valence-electron chi connectivity index (χ4n) is 2.84. The van der Waals surface area contributed by atoms with Gasteiger partial charge in [-0.2, -0.15) is 0 Å². The average molecular weight is 301 g/mol. The molecule has 1 amide bonds. The summed E-state index contributed by atoms with van der Waals surface area (Å²) in [5.74, 6) is 0.701. The number of likely N-dealkylation sites (tertiary alicyclic amines) is 1. The average Bonchev–Trinajstić information content (AvgIpc) is 2.63. The Morgan fingerprint density at radius 1 is 1.18 bits per heavy atom. The Hall–Kier alpha value is -1.33. The zero-order chi connectivity index (χ0) is 16.1. The van der Waals surface area contributed by atoms with Crippen LogP contribution in [-0.2, 0) is 9.31 Å². The highest BCUT2D eigenvalue weighted by atomic mass is 16.7. The van der Waals surface area contributed by atoms with E-state index in [0.29, 0.717) is 11.5 Å². The normalized spacial score (nSPS) is 23.5. The molecular formula is C17H24BNO3. The Morgan fingerprint density at radius 2 is 1.77 bits per heavy atom. The summed E-state index contributed by atoms with van der Waals surface area (Å²) in [7, 11) is -0.423. The summed E-state index contributed by atoms with van der Waals surface area (Å²) in [5, 5.41) is 0.